The number of likely N-dealkylation sites (tertiary alicyclic amines) is 1. The third-order valence-electron chi connectivity index (χ3n) is 5.27. The quantitative estimate of drug-likeness (QED) is 0.779. The van der Waals surface area contributed by atoms with Crippen LogP contribution in [0.25, 0.3) is 11.1 Å². The largest absolute Gasteiger partial charge is 0.300 e. The maximum absolute atomic E-state index is 12.4. The Hall–Kier alpha value is -1.69. The molecular weight excluding hydrogens is 368 g/mol. The van der Waals surface area contributed by atoms with E-state index in [1.807, 2.05) is 32.9 Å². The smallest absolute Gasteiger partial charge is 0.241 e. The topological polar surface area (TPSA) is 49.4 Å². The van der Waals surface area contributed by atoms with Crippen molar-refractivity contribution >= 4 is 10.0 Å². The van der Waals surface area contributed by atoms with E-state index in [-0.39, 0.29) is 0 Å². The summed E-state index contributed by atoms with van der Waals surface area (Å²) < 4.78 is 27.5. The highest BCUT2D eigenvalue weighted by Crippen LogP contribution is 2.23. The number of hydrogen-bond donors (Lipinski definition) is 1. The molecule has 0 amide bonds. The van der Waals surface area contributed by atoms with Crippen LogP contribution in [0.4, 0.5) is 0 Å². The predicted molar refractivity (Wildman–Crippen MR) is 116 cm³/mol. The zero-order chi connectivity index (χ0) is 20.4. The van der Waals surface area contributed by atoms with E-state index in [4.69, 9.17) is 0 Å². The minimum absolute atomic E-state index is 0.294. The molecule has 0 bridgehead atoms. The Labute approximate surface area is 170 Å². The molecule has 1 aliphatic rings. The lowest BCUT2D eigenvalue weighted by Gasteiger charge is -2.20. The van der Waals surface area contributed by atoms with Crippen LogP contribution in [0.1, 0.15) is 46.1 Å². The summed E-state index contributed by atoms with van der Waals surface area (Å²) in [6.45, 7) is 10.2. The van der Waals surface area contributed by atoms with Gasteiger partial charge in [0.05, 0.1) is 4.90 Å². The van der Waals surface area contributed by atoms with Crippen molar-refractivity contribution in [2.24, 2.45) is 0 Å². The SMILES string of the molecule is CC1CCCN1CCc1ccc(-c2ccc(S(=O)(=O)NC(C)(C)C)cc2)cc1. The van der Waals surface area contributed by atoms with Crippen molar-refractivity contribution in [2.45, 2.75) is 63.4 Å². The van der Waals surface area contributed by atoms with E-state index in [9.17, 15) is 8.42 Å². The fourth-order valence-electron chi connectivity index (χ4n) is 3.75. The first-order valence-corrected chi connectivity index (χ1v) is 11.6. The second kappa shape index (κ2) is 8.36. The van der Waals surface area contributed by atoms with Crippen molar-refractivity contribution in [3.8, 4) is 11.1 Å². The van der Waals surface area contributed by atoms with E-state index in [0.29, 0.717) is 10.9 Å². The molecule has 1 aliphatic heterocycles. The summed E-state index contributed by atoms with van der Waals surface area (Å²) in [6.07, 6.45) is 3.70. The number of rotatable bonds is 6. The van der Waals surface area contributed by atoms with Gasteiger partial charge in [-0.05, 0) is 82.3 Å². The molecule has 5 heteroatoms. The van der Waals surface area contributed by atoms with Gasteiger partial charge in [0.2, 0.25) is 10.0 Å². The Kier molecular flexibility index (Phi) is 6.28. The summed E-state index contributed by atoms with van der Waals surface area (Å²) in [4.78, 5) is 2.86. The predicted octanol–water partition coefficient (Wildman–Crippen LogP) is 4.46. The van der Waals surface area contributed by atoms with Crippen LogP contribution in [0.3, 0.4) is 0 Å². The number of nitrogens with one attached hydrogen (secondary N) is 1. The van der Waals surface area contributed by atoms with Gasteiger partial charge in [-0.25, -0.2) is 13.1 Å². The number of hydrogen-bond acceptors (Lipinski definition) is 3. The van der Waals surface area contributed by atoms with Gasteiger partial charge in [-0.3, -0.25) is 0 Å². The first-order valence-electron chi connectivity index (χ1n) is 10.1. The number of sulfonamides is 1. The van der Waals surface area contributed by atoms with Gasteiger partial charge in [0.25, 0.3) is 0 Å². The van der Waals surface area contributed by atoms with Gasteiger partial charge in [-0.2, -0.15) is 0 Å². The fourth-order valence-corrected chi connectivity index (χ4v) is 5.17. The molecule has 2 aromatic rings. The standard InChI is InChI=1S/C23H32N2O2S/c1-18-6-5-16-25(18)17-15-19-7-9-20(10-8-19)21-11-13-22(14-12-21)28(26,27)24-23(2,3)4/h7-14,18,24H,5-6,15-17H2,1-4H3. The second-order valence-electron chi connectivity index (χ2n) is 8.85. The van der Waals surface area contributed by atoms with Crippen molar-refractivity contribution in [3.63, 3.8) is 0 Å². The Balaban J connectivity index is 1.65. The first kappa shape index (κ1) is 21.0. The van der Waals surface area contributed by atoms with Gasteiger partial charge in [0, 0.05) is 18.1 Å². The normalized spacial score (nSPS) is 18.5. The Morgan fingerprint density at radius 2 is 1.57 bits per heavy atom. The maximum Gasteiger partial charge on any atom is 0.241 e. The van der Waals surface area contributed by atoms with Crippen LogP contribution in [0, 0.1) is 0 Å². The molecule has 1 atom stereocenters. The summed E-state index contributed by atoms with van der Waals surface area (Å²) in [7, 11) is -3.50. The highest BCUT2D eigenvalue weighted by molar-refractivity contribution is 7.89. The zero-order valence-corrected chi connectivity index (χ0v) is 18.2. The highest BCUT2D eigenvalue weighted by atomic mass is 32.2. The van der Waals surface area contributed by atoms with E-state index in [1.165, 1.54) is 24.9 Å². The van der Waals surface area contributed by atoms with Crippen LogP contribution in [-0.2, 0) is 16.4 Å². The molecule has 1 heterocycles. The molecule has 1 unspecified atom stereocenters. The molecule has 1 N–H and O–H groups in total. The van der Waals surface area contributed by atoms with Crippen LogP contribution in [0.5, 0.6) is 0 Å². The number of nitrogens with zero attached hydrogens (tertiary/aromatic N) is 1. The third-order valence-corrected chi connectivity index (χ3v) is 7.04. The molecule has 0 aromatic heterocycles. The molecule has 28 heavy (non-hydrogen) atoms. The van der Waals surface area contributed by atoms with Gasteiger partial charge in [0.1, 0.15) is 0 Å². The van der Waals surface area contributed by atoms with Crippen LogP contribution in [0.15, 0.2) is 53.4 Å². The van der Waals surface area contributed by atoms with Crippen molar-refractivity contribution in [1.29, 1.82) is 0 Å². The highest BCUT2D eigenvalue weighted by Gasteiger charge is 2.22. The minimum atomic E-state index is -3.50. The Bertz CT molecular complexity index is 882. The zero-order valence-electron chi connectivity index (χ0n) is 17.4. The lowest BCUT2D eigenvalue weighted by molar-refractivity contribution is 0.272. The molecular formula is C23H32N2O2S. The van der Waals surface area contributed by atoms with Gasteiger partial charge >= 0.3 is 0 Å². The third kappa shape index (κ3) is 5.43. The average molecular weight is 401 g/mol. The van der Waals surface area contributed by atoms with Crippen molar-refractivity contribution in [3.05, 3.63) is 54.1 Å². The lowest BCUT2D eigenvalue weighted by Crippen LogP contribution is -2.40. The van der Waals surface area contributed by atoms with Crippen LogP contribution >= 0.6 is 0 Å². The van der Waals surface area contributed by atoms with Crippen molar-refractivity contribution < 1.29 is 8.42 Å². The monoisotopic (exact) mass is 400 g/mol. The molecule has 1 saturated heterocycles. The van der Waals surface area contributed by atoms with Crippen molar-refractivity contribution in [1.82, 2.24) is 9.62 Å². The second-order valence-corrected chi connectivity index (χ2v) is 10.5. The molecule has 0 saturated carbocycles. The Morgan fingerprint density at radius 1 is 1.00 bits per heavy atom. The average Bonchev–Trinajstić information content (AvgIpc) is 3.03. The molecule has 0 spiro atoms. The van der Waals surface area contributed by atoms with Gasteiger partial charge in [-0.1, -0.05) is 36.4 Å². The van der Waals surface area contributed by atoms with Gasteiger partial charge in [0.15, 0.2) is 0 Å². The molecule has 0 aliphatic carbocycles. The van der Waals surface area contributed by atoms with Crippen LogP contribution in [-0.4, -0.2) is 38.0 Å². The van der Waals surface area contributed by atoms with E-state index < -0.39 is 15.6 Å². The maximum atomic E-state index is 12.4. The molecule has 2 aromatic carbocycles. The van der Waals surface area contributed by atoms with E-state index >= 15 is 0 Å². The number of benzene rings is 2. The van der Waals surface area contributed by atoms with E-state index in [2.05, 4.69) is 40.8 Å². The first-order chi connectivity index (χ1) is 13.1. The van der Waals surface area contributed by atoms with Gasteiger partial charge < -0.3 is 4.90 Å². The molecule has 1 fully saturated rings. The van der Waals surface area contributed by atoms with Gasteiger partial charge in [-0.15, -0.1) is 0 Å². The lowest BCUT2D eigenvalue weighted by atomic mass is 10.0. The molecule has 3 rings (SSSR count). The molecule has 0 radical (unpaired) electrons. The summed E-state index contributed by atoms with van der Waals surface area (Å²) in [5, 5.41) is 0. The summed E-state index contributed by atoms with van der Waals surface area (Å²) in [5.74, 6) is 0. The molecule has 152 valence electrons. The Morgan fingerprint density at radius 3 is 2.07 bits per heavy atom. The molecule has 4 nitrogen and oxygen atoms in total. The minimum Gasteiger partial charge on any atom is -0.300 e. The summed E-state index contributed by atoms with van der Waals surface area (Å²) in [5.41, 5.74) is 2.97. The van der Waals surface area contributed by atoms with E-state index in [1.54, 1.807) is 12.1 Å². The van der Waals surface area contributed by atoms with Crippen LogP contribution in [0.2, 0.25) is 0 Å². The fraction of sp³-hybridized carbons (Fsp3) is 0.478. The van der Waals surface area contributed by atoms with Crippen LogP contribution < -0.4 is 4.72 Å². The van der Waals surface area contributed by atoms with Crippen molar-refractivity contribution in [2.75, 3.05) is 13.1 Å². The summed E-state index contributed by atoms with van der Waals surface area (Å²) in [6, 6.07) is 16.4. The summed E-state index contributed by atoms with van der Waals surface area (Å²) >= 11 is 0. The van der Waals surface area contributed by atoms with E-state index in [0.717, 1.165) is 24.1 Å².